The van der Waals surface area contributed by atoms with E-state index >= 15 is 0 Å². The quantitative estimate of drug-likeness (QED) is 0.495. The van der Waals surface area contributed by atoms with Gasteiger partial charge in [-0.3, -0.25) is 0 Å². The molecule has 0 spiro atoms. The van der Waals surface area contributed by atoms with Crippen molar-refractivity contribution in [1.82, 2.24) is 0 Å². The standard InChI is InChI=1S/C24H21BrS/c1-14-9-20-15(2)21-13-24(25)26-23(21)12-22(20)19(14)8-7-16-10-17-5-3-4-6-18(17)11-16/h3-6,9-10,12-13,23H,7-8,11H2,1-2H3. The number of hydrogen-bond acceptors (Lipinski definition) is 1. The maximum Gasteiger partial charge on any atom is 0.0542 e. The van der Waals surface area contributed by atoms with Crippen LogP contribution in [0.25, 0.3) is 6.08 Å². The van der Waals surface area contributed by atoms with E-state index in [1.807, 2.05) is 11.8 Å². The Hall–Kier alpha value is -1.51. The molecule has 0 aromatic heterocycles. The first-order chi connectivity index (χ1) is 12.6. The summed E-state index contributed by atoms with van der Waals surface area (Å²) in [7, 11) is 0. The van der Waals surface area contributed by atoms with Gasteiger partial charge in [0.25, 0.3) is 0 Å². The van der Waals surface area contributed by atoms with Crippen molar-refractivity contribution in [2.75, 3.05) is 0 Å². The van der Waals surface area contributed by atoms with Crippen molar-refractivity contribution in [2.24, 2.45) is 0 Å². The molecule has 2 heteroatoms. The van der Waals surface area contributed by atoms with Gasteiger partial charge in [-0.05, 0) is 99.7 Å². The number of fused-ring (bicyclic) bond motifs is 3. The van der Waals surface area contributed by atoms with Gasteiger partial charge in [0.05, 0.1) is 9.06 Å². The molecule has 0 saturated carbocycles. The van der Waals surface area contributed by atoms with Gasteiger partial charge in [0.15, 0.2) is 0 Å². The van der Waals surface area contributed by atoms with E-state index in [4.69, 9.17) is 0 Å². The van der Waals surface area contributed by atoms with Crippen LogP contribution in [0.1, 0.15) is 37.8 Å². The lowest BCUT2D eigenvalue weighted by Crippen LogP contribution is -2.10. The Kier molecular flexibility index (Phi) is 4.02. The van der Waals surface area contributed by atoms with Crippen LogP contribution in [0.2, 0.25) is 0 Å². The topological polar surface area (TPSA) is 0 Å². The third kappa shape index (κ3) is 2.66. The lowest BCUT2D eigenvalue weighted by Gasteiger charge is -2.22. The van der Waals surface area contributed by atoms with Crippen molar-refractivity contribution in [3.05, 3.63) is 96.4 Å². The van der Waals surface area contributed by atoms with E-state index in [0.717, 1.165) is 19.3 Å². The van der Waals surface area contributed by atoms with Crippen molar-refractivity contribution < 1.29 is 0 Å². The fourth-order valence-corrected chi connectivity index (χ4v) is 6.43. The third-order valence-corrected chi connectivity index (χ3v) is 7.73. The molecule has 1 heterocycles. The number of hydrogen-bond donors (Lipinski definition) is 0. The second-order valence-electron chi connectivity index (χ2n) is 7.55. The first-order valence-electron chi connectivity index (χ1n) is 9.26. The first-order valence-corrected chi connectivity index (χ1v) is 10.9. The molecule has 0 nitrogen and oxygen atoms in total. The zero-order chi connectivity index (χ0) is 17.8. The predicted octanol–water partition coefficient (Wildman–Crippen LogP) is 7.27. The van der Waals surface area contributed by atoms with Gasteiger partial charge in [-0.25, -0.2) is 0 Å². The zero-order valence-electron chi connectivity index (χ0n) is 15.1. The smallest absolute Gasteiger partial charge is 0.0542 e. The van der Waals surface area contributed by atoms with Crippen LogP contribution in [0, 0.1) is 0 Å². The average molecular weight is 421 g/mol. The summed E-state index contributed by atoms with van der Waals surface area (Å²) in [5, 5.41) is 0.479. The van der Waals surface area contributed by atoms with E-state index in [-0.39, 0.29) is 0 Å². The molecule has 0 N–H and O–H groups in total. The van der Waals surface area contributed by atoms with Gasteiger partial charge in [-0.15, -0.1) is 11.8 Å². The zero-order valence-corrected chi connectivity index (χ0v) is 17.5. The number of benzene rings is 1. The number of thioether (sulfide) groups is 1. The highest BCUT2D eigenvalue weighted by Crippen LogP contribution is 2.50. The first kappa shape index (κ1) is 16.6. The number of rotatable bonds is 3. The third-order valence-electron chi connectivity index (χ3n) is 5.95. The normalized spacial score (nSPS) is 23.4. The average Bonchev–Trinajstić information content (AvgIpc) is 3.28. The van der Waals surface area contributed by atoms with Gasteiger partial charge in [0.2, 0.25) is 0 Å². The molecule has 26 heavy (non-hydrogen) atoms. The largest absolute Gasteiger partial charge is 0.106 e. The second-order valence-corrected chi connectivity index (χ2v) is 10.1. The highest BCUT2D eigenvalue weighted by molar-refractivity contribution is 9.14. The summed E-state index contributed by atoms with van der Waals surface area (Å²) in [6, 6.07) is 8.80. The van der Waals surface area contributed by atoms with Crippen LogP contribution in [0.4, 0.5) is 0 Å². The fraction of sp³-hybridized carbons (Fsp3) is 0.250. The van der Waals surface area contributed by atoms with Gasteiger partial charge in [0.1, 0.15) is 0 Å². The van der Waals surface area contributed by atoms with Crippen molar-refractivity contribution in [2.45, 2.75) is 38.4 Å². The summed E-state index contributed by atoms with van der Waals surface area (Å²) in [6.07, 6.45) is 13.0. The van der Waals surface area contributed by atoms with Crippen LogP contribution >= 0.6 is 27.7 Å². The summed E-state index contributed by atoms with van der Waals surface area (Å²) >= 11 is 5.60. The van der Waals surface area contributed by atoms with Gasteiger partial charge in [0, 0.05) is 0 Å². The van der Waals surface area contributed by atoms with Crippen molar-refractivity contribution in [3.63, 3.8) is 0 Å². The maximum atomic E-state index is 3.67. The van der Waals surface area contributed by atoms with Crippen LogP contribution < -0.4 is 0 Å². The molecule has 5 rings (SSSR count). The van der Waals surface area contributed by atoms with Crippen LogP contribution in [0.3, 0.4) is 0 Å². The van der Waals surface area contributed by atoms with Crippen molar-refractivity contribution in [3.8, 4) is 0 Å². The maximum absolute atomic E-state index is 3.67. The second kappa shape index (κ2) is 6.28. The molecule has 3 aliphatic carbocycles. The van der Waals surface area contributed by atoms with E-state index < -0.39 is 0 Å². The fourth-order valence-electron chi connectivity index (χ4n) is 4.56. The molecule has 0 fully saturated rings. The monoisotopic (exact) mass is 420 g/mol. The molecule has 1 aliphatic heterocycles. The van der Waals surface area contributed by atoms with Gasteiger partial charge >= 0.3 is 0 Å². The molecule has 0 radical (unpaired) electrons. The van der Waals surface area contributed by atoms with Gasteiger partial charge in [-0.1, -0.05) is 48.1 Å². The molecule has 1 aromatic rings. The molecule has 1 unspecified atom stereocenters. The summed E-state index contributed by atoms with van der Waals surface area (Å²) in [6.45, 7) is 4.57. The highest BCUT2D eigenvalue weighted by atomic mass is 79.9. The van der Waals surface area contributed by atoms with Crippen LogP contribution in [-0.2, 0) is 6.42 Å². The van der Waals surface area contributed by atoms with Crippen molar-refractivity contribution >= 4 is 33.8 Å². The Balaban J connectivity index is 1.36. The van der Waals surface area contributed by atoms with Crippen molar-refractivity contribution in [1.29, 1.82) is 0 Å². The minimum absolute atomic E-state index is 0.479. The summed E-state index contributed by atoms with van der Waals surface area (Å²) < 4.78 is 1.26. The summed E-state index contributed by atoms with van der Waals surface area (Å²) in [5.41, 5.74) is 13.3. The molecular formula is C24H21BrS. The van der Waals surface area contributed by atoms with E-state index in [0.29, 0.717) is 5.25 Å². The van der Waals surface area contributed by atoms with E-state index in [2.05, 4.69) is 78.3 Å². The van der Waals surface area contributed by atoms with E-state index in [1.54, 1.807) is 11.1 Å². The van der Waals surface area contributed by atoms with Crippen LogP contribution in [0.5, 0.6) is 0 Å². The summed E-state index contributed by atoms with van der Waals surface area (Å²) in [5.74, 6) is 0. The molecule has 4 aliphatic rings. The Morgan fingerprint density at radius 2 is 1.88 bits per heavy atom. The Bertz CT molecular complexity index is 1010. The molecular weight excluding hydrogens is 400 g/mol. The predicted molar refractivity (Wildman–Crippen MR) is 117 cm³/mol. The van der Waals surface area contributed by atoms with E-state index in [1.165, 1.54) is 42.8 Å². The molecule has 0 saturated heterocycles. The molecule has 130 valence electrons. The van der Waals surface area contributed by atoms with Crippen LogP contribution in [-0.4, -0.2) is 5.25 Å². The Labute approximate surface area is 168 Å². The number of halogens is 1. The molecule has 0 amide bonds. The Morgan fingerprint density at radius 1 is 1.04 bits per heavy atom. The minimum atomic E-state index is 0.479. The lowest BCUT2D eigenvalue weighted by atomic mass is 9.85. The lowest BCUT2D eigenvalue weighted by molar-refractivity contribution is 0.906. The van der Waals surface area contributed by atoms with Gasteiger partial charge in [-0.2, -0.15) is 0 Å². The minimum Gasteiger partial charge on any atom is -0.106 e. The van der Waals surface area contributed by atoms with Crippen LogP contribution in [0.15, 0.2) is 85.3 Å². The SMILES string of the molecule is CC1=C(CCC2=Cc3ccccc3C2)C2=CC3SC(Br)=CC3=C(C)C2=C1. The Morgan fingerprint density at radius 3 is 2.73 bits per heavy atom. The van der Waals surface area contributed by atoms with Gasteiger partial charge < -0.3 is 0 Å². The van der Waals surface area contributed by atoms with E-state index in [9.17, 15) is 0 Å². The molecule has 1 atom stereocenters. The summed E-state index contributed by atoms with van der Waals surface area (Å²) in [4.78, 5) is 0. The molecule has 0 bridgehead atoms. The molecule has 1 aromatic carbocycles. The highest BCUT2D eigenvalue weighted by Gasteiger charge is 2.32. The number of allylic oxidation sites excluding steroid dienone is 8.